The van der Waals surface area contributed by atoms with Gasteiger partial charge in [-0.25, -0.2) is 9.97 Å². The van der Waals surface area contributed by atoms with Crippen molar-refractivity contribution >= 4 is 105 Å². The molecule has 7 aromatic carbocycles. The van der Waals surface area contributed by atoms with Crippen molar-refractivity contribution in [3.05, 3.63) is 140 Å². The van der Waals surface area contributed by atoms with Crippen LogP contribution in [0.4, 0.5) is 17.1 Å². The SMILES string of the molecule is c1ccc2c(c1)ccc1oc3cc(N4c5cc(-c6nc7ccccc7s6)ccc5Sc5ccc(-c6nc7ccccc7s6)cc54)ccc3c12. The molecule has 0 N–H and O–H groups in total. The summed E-state index contributed by atoms with van der Waals surface area (Å²) in [5, 5.41) is 6.73. The smallest absolute Gasteiger partial charge is 0.137 e. The van der Waals surface area contributed by atoms with Gasteiger partial charge in [0, 0.05) is 43.4 Å². The number of furan rings is 1. The zero-order chi connectivity index (χ0) is 32.1. The first-order valence-electron chi connectivity index (χ1n) is 16.1. The molecule has 0 atom stereocenters. The van der Waals surface area contributed by atoms with Gasteiger partial charge in [-0.1, -0.05) is 78.5 Å². The van der Waals surface area contributed by atoms with Crippen LogP contribution in [-0.2, 0) is 0 Å². The Hall–Kier alpha value is -5.47. The number of thiazole rings is 2. The van der Waals surface area contributed by atoms with Crippen molar-refractivity contribution in [2.24, 2.45) is 0 Å². The highest BCUT2D eigenvalue weighted by molar-refractivity contribution is 7.99. The fraction of sp³-hybridized carbons (Fsp3) is 0. The maximum atomic E-state index is 6.57. The quantitative estimate of drug-likeness (QED) is 0.186. The Labute approximate surface area is 292 Å². The van der Waals surface area contributed by atoms with Gasteiger partial charge in [0.25, 0.3) is 0 Å². The van der Waals surface area contributed by atoms with E-state index in [9.17, 15) is 0 Å². The van der Waals surface area contributed by atoms with E-state index in [1.54, 1.807) is 22.7 Å². The maximum Gasteiger partial charge on any atom is 0.137 e. The summed E-state index contributed by atoms with van der Waals surface area (Å²) in [6.45, 7) is 0. The Kier molecular flexibility index (Phi) is 5.90. The van der Waals surface area contributed by atoms with Crippen LogP contribution in [-0.4, -0.2) is 9.97 Å². The third kappa shape index (κ3) is 4.30. The summed E-state index contributed by atoms with van der Waals surface area (Å²) >= 11 is 5.27. The summed E-state index contributed by atoms with van der Waals surface area (Å²) in [6, 6.07) is 49.6. The fourth-order valence-electron chi connectivity index (χ4n) is 7.01. The fourth-order valence-corrected chi connectivity index (χ4v) is 9.96. The Bertz CT molecular complexity index is 2770. The van der Waals surface area contributed by atoms with E-state index in [1.807, 2.05) is 23.9 Å². The lowest BCUT2D eigenvalue weighted by atomic mass is 10.0. The van der Waals surface area contributed by atoms with E-state index < -0.39 is 0 Å². The molecule has 4 heterocycles. The molecule has 0 amide bonds. The number of anilines is 3. The van der Waals surface area contributed by atoms with Gasteiger partial charge >= 0.3 is 0 Å². The molecule has 0 aliphatic carbocycles. The van der Waals surface area contributed by atoms with Crippen LogP contribution in [0, 0.1) is 0 Å². The highest BCUT2D eigenvalue weighted by atomic mass is 32.2. The lowest BCUT2D eigenvalue weighted by Gasteiger charge is -2.33. The first kappa shape index (κ1) is 27.5. The van der Waals surface area contributed by atoms with Gasteiger partial charge in [-0.2, -0.15) is 0 Å². The van der Waals surface area contributed by atoms with Gasteiger partial charge in [0.2, 0.25) is 0 Å². The minimum Gasteiger partial charge on any atom is -0.456 e. The zero-order valence-corrected chi connectivity index (χ0v) is 28.2. The maximum absolute atomic E-state index is 6.57. The average molecular weight is 682 g/mol. The Morgan fingerprint density at radius 3 is 1.82 bits per heavy atom. The molecule has 7 heteroatoms. The number of aromatic nitrogens is 2. The van der Waals surface area contributed by atoms with Gasteiger partial charge in [-0.15, -0.1) is 22.7 Å². The number of hydrogen-bond acceptors (Lipinski definition) is 7. The molecule has 11 rings (SSSR count). The highest BCUT2D eigenvalue weighted by Crippen LogP contribution is 2.54. The number of benzene rings is 7. The van der Waals surface area contributed by atoms with E-state index >= 15 is 0 Å². The number of para-hydroxylation sites is 2. The van der Waals surface area contributed by atoms with Gasteiger partial charge in [0.1, 0.15) is 21.2 Å². The Balaban J connectivity index is 1.13. The summed E-state index contributed by atoms with van der Waals surface area (Å²) < 4.78 is 8.95. The molecule has 0 fully saturated rings. The molecular formula is C42H23N3OS3. The summed E-state index contributed by atoms with van der Waals surface area (Å²) in [6.07, 6.45) is 0. The van der Waals surface area contributed by atoms with Crippen molar-refractivity contribution in [3.63, 3.8) is 0 Å². The van der Waals surface area contributed by atoms with Crippen LogP contribution in [0.3, 0.4) is 0 Å². The van der Waals surface area contributed by atoms with Crippen molar-refractivity contribution < 1.29 is 4.42 Å². The predicted molar refractivity (Wildman–Crippen MR) is 207 cm³/mol. The van der Waals surface area contributed by atoms with Crippen molar-refractivity contribution in [3.8, 4) is 21.1 Å². The molecule has 0 saturated carbocycles. The molecule has 0 saturated heterocycles. The molecule has 0 radical (unpaired) electrons. The second-order valence-corrected chi connectivity index (χ2v) is 15.4. The minimum atomic E-state index is 0.870. The van der Waals surface area contributed by atoms with E-state index in [1.165, 1.54) is 30.0 Å². The molecule has 230 valence electrons. The number of fused-ring (bicyclic) bond motifs is 9. The van der Waals surface area contributed by atoms with E-state index in [0.29, 0.717) is 0 Å². The average Bonchev–Trinajstić information content (AvgIpc) is 3.88. The van der Waals surface area contributed by atoms with Gasteiger partial charge in [-0.3, -0.25) is 0 Å². The monoisotopic (exact) mass is 681 g/mol. The van der Waals surface area contributed by atoms with Crippen molar-refractivity contribution in [1.29, 1.82) is 0 Å². The van der Waals surface area contributed by atoms with Crippen molar-refractivity contribution in [2.75, 3.05) is 4.90 Å². The predicted octanol–water partition coefficient (Wildman–Crippen LogP) is 13.2. The van der Waals surface area contributed by atoms with E-state index in [4.69, 9.17) is 14.4 Å². The zero-order valence-electron chi connectivity index (χ0n) is 25.8. The first-order chi connectivity index (χ1) is 24.2. The molecule has 10 aromatic rings. The van der Waals surface area contributed by atoms with Crippen LogP contribution in [0.15, 0.2) is 154 Å². The van der Waals surface area contributed by atoms with Crippen LogP contribution < -0.4 is 4.90 Å². The van der Waals surface area contributed by atoms with E-state index in [-0.39, 0.29) is 0 Å². The number of nitrogens with zero attached hydrogens (tertiary/aromatic N) is 3. The summed E-state index contributed by atoms with van der Waals surface area (Å²) in [4.78, 5) is 14.8. The number of rotatable bonds is 3. The highest BCUT2D eigenvalue weighted by Gasteiger charge is 2.28. The summed E-state index contributed by atoms with van der Waals surface area (Å²) in [5.41, 5.74) is 9.32. The van der Waals surface area contributed by atoms with E-state index in [2.05, 4.69) is 132 Å². The molecule has 0 unspecified atom stereocenters. The van der Waals surface area contributed by atoms with Crippen LogP contribution in [0.2, 0.25) is 0 Å². The molecule has 49 heavy (non-hydrogen) atoms. The number of hydrogen-bond donors (Lipinski definition) is 0. The molecule has 0 bridgehead atoms. The van der Waals surface area contributed by atoms with Crippen LogP contribution in [0.5, 0.6) is 0 Å². The minimum absolute atomic E-state index is 0.870. The largest absolute Gasteiger partial charge is 0.456 e. The second-order valence-electron chi connectivity index (χ2n) is 12.2. The third-order valence-corrected chi connectivity index (χ3v) is 12.6. The van der Waals surface area contributed by atoms with Crippen LogP contribution in [0.25, 0.3) is 74.3 Å². The molecule has 4 nitrogen and oxygen atoms in total. The van der Waals surface area contributed by atoms with Gasteiger partial charge < -0.3 is 9.32 Å². The van der Waals surface area contributed by atoms with Crippen molar-refractivity contribution in [1.82, 2.24) is 9.97 Å². The van der Waals surface area contributed by atoms with Gasteiger partial charge in [-0.05, 0) is 77.5 Å². The molecule has 1 aliphatic rings. The topological polar surface area (TPSA) is 42.2 Å². The normalized spacial score (nSPS) is 12.8. The standard InChI is InChI=1S/C42H23N3OS3/c1-2-8-28-24(7-1)13-18-34-40(28)29-17-16-27(23-35(29)46-34)45-32-21-25(41-43-30-9-3-5-11-36(30)48-41)14-19-38(32)47-39-20-15-26(22-33(39)45)42-44-31-10-4-6-12-37(31)49-42/h1-23H. The molecule has 0 spiro atoms. The van der Waals surface area contributed by atoms with Gasteiger partial charge in [0.05, 0.1) is 31.8 Å². The second kappa shape index (κ2) is 10.5. The molecule has 3 aromatic heterocycles. The Morgan fingerprint density at radius 2 is 1.14 bits per heavy atom. The lowest BCUT2D eigenvalue weighted by Crippen LogP contribution is -2.15. The summed E-state index contributed by atoms with van der Waals surface area (Å²) in [5.74, 6) is 0. The molecular weight excluding hydrogens is 659 g/mol. The third-order valence-electron chi connectivity index (χ3n) is 9.30. The lowest BCUT2D eigenvalue weighted by molar-refractivity contribution is 0.669. The van der Waals surface area contributed by atoms with Crippen LogP contribution in [0.1, 0.15) is 0 Å². The van der Waals surface area contributed by atoms with Crippen LogP contribution >= 0.6 is 34.4 Å². The van der Waals surface area contributed by atoms with Gasteiger partial charge in [0.15, 0.2) is 0 Å². The summed E-state index contributed by atoms with van der Waals surface area (Å²) in [7, 11) is 0. The van der Waals surface area contributed by atoms with Crippen molar-refractivity contribution in [2.45, 2.75) is 9.79 Å². The Morgan fingerprint density at radius 1 is 0.510 bits per heavy atom. The van der Waals surface area contributed by atoms with E-state index in [0.717, 1.165) is 71.2 Å². The molecule has 1 aliphatic heterocycles. The first-order valence-corrected chi connectivity index (χ1v) is 18.5.